The molecule has 3 rings (SSSR count). The topological polar surface area (TPSA) is 80.7 Å². The van der Waals surface area contributed by atoms with Crippen LogP contribution >= 0.6 is 0 Å². The fourth-order valence-corrected chi connectivity index (χ4v) is 2.01. The van der Waals surface area contributed by atoms with Crippen molar-refractivity contribution in [2.75, 3.05) is 0 Å². The maximum absolute atomic E-state index is 13.3. The second-order valence-electron chi connectivity index (χ2n) is 4.03. The number of nitrogens with two attached hydrogens (primary N) is 1. The molecule has 0 radical (unpaired) electrons. The Bertz CT molecular complexity index is 716. The van der Waals surface area contributed by atoms with E-state index in [2.05, 4.69) is 15.1 Å². The molecule has 0 aliphatic carbocycles. The van der Waals surface area contributed by atoms with Crippen LogP contribution in [0.25, 0.3) is 22.4 Å². The van der Waals surface area contributed by atoms with E-state index in [4.69, 9.17) is 10.3 Å². The first-order chi connectivity index (χ1) is 8.69. The molecule has 0 aliphatic rings. The lowest BCUT2D eigenvalue weighted by molar-refractivity contribution is 0.423. The SMILES string of the molecule is Cc1[nH]c2ccc(F)cc2c1-c1nc(CN)no1. The third kappa shape index (κ3) is 1.58. The highest BCUT2D eigenvalue weighted by Crippen LogP contribution is 2.31. The fraction of sp³-hybridized carbons (Fsp3) is 0.167. The summed E-state index contributed by atoms with van der Waals surface area (Å²) in [5, 5.41) is 4.46. The van der Waals surface area contributed by atoms with Crippen LogP contribution in [0.4, 0.5) is 4.39 Å². The molecule has 3 aromatic rings. The number of aryl methyl sites for hydroxylation is 1. The van der Waals surface area contributed by atoms with E-state index in [0.29, 0.717) is 11.7 Å². The highest BCUT2D eigenvalue weighted by molar-refractivity contribution is 5.95. The molecule has 2 aromatic heterocycles. The number of hydrogen-bond donors (Lipinski definition) is 2. The molecule has 0 atom stereocenters. The molecule has 3 N–H and O–H groups in total. The van der Waals surface area contributed by atoms with Gasteiger partial charge in [0.25, 0.3) is 5.89 Å². The van der Waals surface area contributed by atoms with Gasteiger partial charge in [0.05, 0.1) is 12.1 Å². The molecule has 5 nitrogen and oxygen atoms in total. The maximum Gasteiger partial charge on any atom is 0.260 e. The first-order valence-electron chi connectivity index (χ1n) is 5.50. The van der Waals surface area contributed by atoms with Gasteiger partial charge < -0.3 is 15.2 Å². The van der Waals surface area contributed by atoms with E-state index in [0.717, 1.165) is 22.2 Å². The number of nitrogens with zero attached hydrogens (tertiary/aromatic N) is 2. The lowest BCUT2D eigenvalue weighted by atomic mass is 10.1. The number of fused-ring (bicyclic) bond motifs is 1. The number of hydrogen-bond acceptors (Lipinski definition) is 4. The Kier molecular flexibility index (Phi) is 2.38. The number of H-pyrrole nitrogens is 1. The molecule has 0 amide bonds. The van der Waals surface area contributed by atoms with Crippen molar-refractivity contribution in [2.24, 2.45) is 5.73 Å². The summed E-state index contributed by atoms with van der Waals surface area (Å²) in [6.45, 7) is 2.08. The monoisotopic (exact) mass is 246 g/mol. The molecule has 0 aliphatic heterocycles. The van der Waals surface area contributed by atoms with Gasteiger partial charge in [-0.15, -0.1) is 0 Å². The zero-order valence-electron chi connectivity index (χ0n) is 9.70. The van der Waals surface area contributed by atoms with Gasteiger partial charge in [-0.05, 0) is 25.1 Å². The molecule has 18 heavy (non-hydrogen) atoms. The van der Waals surface area contributed by atoms with E-state index < -0.39 is 0 Å². The van der Waals surface area contributed by atoms with Gasteiger partial charge in [0, 0.05) is 16.6 Å². The summed E-state index contributed by atoms with van der Waals surface area (Å²) in [6.07, 6.45) is 0. The van der Waals surface area contributed by atoms with Gasteiger partial charge in [0.1, 0.15) is 5.82 Å². The number of rotatable bonds is 2. The molecule has 1 aromatic carbocycles. The van der Waals surface area contributed by atoms with Crippen molar-refractivity contribution in [1.29, 1.82) is 0 Å². The Labute approximate surface area is 102 Å². The summed E-state index contributed by atoms with van der Waals surface area (Å²) in [4.78, 5) is 7.32. The third-order valence-electron chi connectivity index (χ3n) is 2.81. The third-order valence-corrected chi connectivity index (χ3v) is 2.81. The average molecular weight is 246 g/mol. The van der Waals surface area contributed by atoms with Gasteiger partial charge in [-0.25, -0.2) is 4.39 Å². The van der Waals surface area contributed by atoms with E-state index >= 15 is 0 Å². The largest absolute Gasteiger partial charge is 0.358 e. The van der Waals surface area contributed by atoms with Gasteiger partial charge in [-0.3, -0.25) is 0 Å². The lowest BCUT2D eigenvalue weighted by Crippen LogP contribution is -1.97. The van der Waals surface area contributed by atoms with Crippen LogP contribution < -0.4 is 5.73 Å². The van der Waals surface area contributed by atoms with E-state index in [9.17, 15) is 4.39 Å². The van der Waals surface area contributed by atoms with Crippen LogP contribution in [-0.2, 0) is 6.54 Å². The minimum absolute atomic E-state index is 0.208. The maximum atomic E-state index is 13.3. The summed E-state index contributed by atoms with van der Waals surface area (Å²) < 4.78 is 18.5. The zero-order chi connectivity index (χ0) is 12.7. The van der Waals surface area contributed by atoms with Gasteiger partial charge in [-0.1, -0.05) is 5.16 Å². The first-order valence-corrected chi connectivity index (χ1v) is 5.50. The van der Waals surface area contributed by atoms with Crippen molar-refractivity contribution in [3.63, 3.8) is 0 Å². The lowest BCUT2D eigenvalue weighted by Gasteiger charge is -1.94. The molecular weight excluding hydrogens is 235 g/mol. The van der Waals surface area contributed by atoms with Gasteiger partial charge in [-0.2, -0.15) is 4.98 Å². The Balaban J connectivity index is 2.26. The van der Waals surface area contributed by atoms with Crippen molar-refractivity contribution in [2.45, 2.75) is 13.5 Å². The van der Waals surface area contributed by atoms with Crippen LogP contribution in [0.2, 0.25) is 0 Å². The van der Waals surface area contributed by atoms with Crippen molar-refractivity contribution in [3.05, 3.63) is 35.5 Å². The van der Waals surface area contributed by atoms with Crippen LogP contribution in [0, 0.1) is 12.7 Å². The average Bonchev–Trinajstić information content (AvgIpc) is 2.92. The Morgan fingerprint density at radius 3 is 3.00 bits per heavy atom. The van der Waals surface area contributed by atoms with Gasteiger partial charge >= 0.3 is 0 Å². The number of aromatic nitrogens is 3. The molecule has 0 saturated heterocycles. The number of aromatic amines is 1. The molecule has 0 fully saturated rings. The Morgan fingerprint density at radius 2 is 2.28 bits per heavy atom. The second-order valence-corrected chi connectivity index (χ2v) is 4.03. The molecule has 92 valence electrons. The summed E-state index contributed by atoms with van der Waals surface area (Å²) in [5.74, 6) is 0.473. The van der Waals surface area contributed by atoms with Crippen LogP contribution in [0.3, 0.4) is 0 Å². The molecular formula is C12H11FN4O. The van der Waals surface area contributed by atoms with Crippen molar-refractivity contribution < 1.29 is 8.91 Å². The molecule has 0 saturated carbocycles. The highest BCUT2D eigenvalue weighted by Gasteiger charge is 2.17. The molecule has 2 heterocycles. The predicted molar refractivity (Wildman–Crippen MR) is 64.2 cm³/mol. The second kappa shape index (κ2) is 3.92. The standard InChI is InChI=1S/C12H11FN4O/c1-6-11(12-16-10(5-14)17-18-12)8-4-7(13)2-3-9(8)15-6/h2-4,15H,5,14H2,1H3. The van der Waals surface area contributed by atoms with Crippen LogP contribution in [0.5, 0.6) is 0 Å². The zero-order valence-corrected chi connectivity index (χ0v) is 9.70. The number of benzene rings is 1. The molecule has 0 spiro atoms. The number of halogens is 1. The van der Waals surface area contributed by atoms with E-state index in [1.165, 1.54) is 12.1 Å². The van der Waals surface area contributed by atoms with Crippen molar-refractivity contribution in [3.8, 4) is 11.5 Å². The summed E-state index contributed by atoms with van der Waals surface area (Å²) in [7, 11) is 0. The smallest absolute Gasteiger partial charge is 0.260 e. The first kappa shape index (κ1) is 10.9. The number of nitrogens with one attached hydrogen (secondary N) is 1. The predicted octanol–water partition coefficient (Wildman–Crippen LogP) is 2.12. The van der Waals surface area contributed by atoms with Crippen LogP contribution in [0.15, 0.2) is 22.7 Å². The van der Waals surface area contributed by atoms with Crippen molar-refractivity contribution in [1.82, 2.24) is 15.1 Å². The summed E-state index contributed by atoms with van der Waals surface area (Å²) >= 11 is 0. The van der Waals surface area contributed by atoms with Crippen molar-refractivity contribution >= 4 is 10.9 Å². The minimum Gasteiger partial charge on any atom is -0.358 e. The van der Waals surface area contributed by atoms with E-state index in [1.807, 2.05) is 6.92 Å². The van der Waals surface area contributed by atoms with Gasteiger partial charge in [0.15, 0.2) is 5.82 Å². The quantitative estimate of drug-likeness (QED) is 0.725. The van der Waals surface area contributed by atoms with E-state index in [-0.39, 0.29) is 12.4 Å². The fourth-order valence-electron chi connectivity index (χ4n) is 2.01. The highest BCUT2D eigenvalue weighted by atomic mass is 19.1. The Morgan fingerprint density at radius 1 is 1.44 bits per heavy atom. The molecule has 6 heteroatoms. The Hall–Kier alpha value is -2.21. The minimum atomic E-state index is -0.304. The van der Waals surface area contributed by atoms with Gasteiger partial charge in [0.2, 0.25) is 0 Å². The summed E-state index contributed by atoms with van der Waals surface area (Å²) in [5.41, 5.74) is 7.84. The molecule has 0 unspecified atom stereocenters. The van der Waals surface area contributed by atoms with Crippen LogP contribution in [-0.4, -0.2) is 15.1 Å². The normalized spacial score (nSPS) is 11.3. The van der Waals surface area contributed by atoms with E-state index in [1.54, 1.807) is 6.07 Å². The summed E-state index contributed by atoms with van der Waals surface area (Å²) in [6, 6.07) is 4.53. The van der Waals surface area contributed by atoms with Crippen LogP contribution in [0.1, 0.15) is 11.5 Å². The molecule has 0 bridgehead atoms.